The van der Waals surface area contributed by atoms with Crippen molar-refractivity contribution in [3.8, 4) is 17.2 Å². The minimum Gasteiger partial charge on any atom is -0.493 e. The fourth-order valence-corrected chi connectivity index (χ4v) is 4.35. The predicted octanol–water partition coefficient (Wildman–Crippen LogP) is 4.69. The molecule has 0 spiro atoms. The lowest BCUT2D eigenvalue weighted by Crippen LogP contribution is -2.50. The minimum atomic E-state index is -0.793. The van der Waals surface area contributed by atoms with Crippen molar-refractivity contribution >= 4 is 0 Å². The molecule has 0 amide bonds. The van der Waals surface area contributed by atoms with Crippen molar-refractivity contribution in [1.29, 1.82) is 0 Å². The molecule has 29 heavy (non-hydrogen) atoms. The van der Waals surface area contributed by atoms with E-state index >= 15 is 0 Å². The summed E-state index contributed by atoms with van der Waals surface area (Å²) < 4.78 is 29.2. The molecule has 2 atom stereocenters. The number of ether oxygens (including phenoxy) is 4. The number of unbranched alkanes of at least 4 members (excludes halogenated alkanes) is 3. The third-order valence-electron chi connectivity index (χ3n) is 5.76. The van der Waals surface area contributed by atoms with Crippen LogP contribution in [0, 0.1) is 6.92 Å². The maximum absolute atomic E-state index is 12.7. The number of fused-ring (bicyclic) bond motifs is 6. The quantitative estimate of drug-likeness (QED) is 0.629. The van der Waals surface area contributed by atoms with Crippen LogP contribution in [0.3, 0.4) is 0 Å². The van der Waals surface area contributed by atoms with Gasteiger partial charge < -0.3 is 23.4 Å². The van der Waals surface area contributed by atoms with Gasteiger partial charge in [0.05, 0.1) is 14.2 Å². The Bertz CT molecular complexity index is 963. The number of hydrogen-bond donors (Lipinski definition) is 0. The molecule has 0 saturated carbocycles. The van der Waals surface area contributed by atoms with Gasteiger partial charge in [-0.25, -0.2) is 4.79 Å². The van der Waals surface area contributed by atoms with E-state index in [1.165, 1.54) is 12.8 Å². The van der Waals surface area contributed by atoms with Crippen molar-refractivity contribution < 1.29 is 23.4 Å². The van der Waals surface area contributed by atoms with Crippen molar-refractivity contribution in [3.63, 3.8) is 0 Å². The summed E-state index contributed by atoms with van der Waals surface area (Å²) in [4.78, 5) is 12.7. The molecule has 1 aromatic carbocycles. The fourth-order valence-electron chi connectivity index (χ4n) is 4.35. The largest absolute Gasteiger partial charge is 0.493 e. The molecular weight excluding hydrogens is 372 g/mol. The molecule has 0 unspecified atom stereocenters. The number of hydrogen-bond acceptors (Lipinski definition) is 6. The lowest BCUT2D eigenvalue weighted by molar-refractivity contribution is -0.233. The summed E-state index contributed by atoms with van der Waals surface area (Å²) in [5.41, 5.74) is 1.92. The van der Waals surface area contributed by atoms with E-state index in [0.717, 1.165) is 30.4 Å². The second-order valence-electron chi connectivity index (χ2n) is 7.83. The monoisotopic (exact) mass is 400 g/mol. The van der Waals surface area contributed by atoms with Gasteiger partial charge in [0, 0.05) is 18.9 Å². The van der Waals surface area contributed by atoms with E-state index in [2.05, 4.69) is 6.92 Å². The zero-order chi connectivity index (χ0) is 20.6. The smallest absolute Gasteiger partial charge is 0.345 e. The molecule has 6 heteroatoms. The van der Waals surface area contributed by atoms with E-state index in [-0.39, 0.29) is 0 Å². The van der Waals surface area contributed by atoms with E-state index in [4.69, 9.17) is 23.4 Å². The van der Waals surface area contributed by atoms with E-state index in [1.807, 2.05) is 12.1 Å². The molecule has 6 nitrogen and oxygen atoms in total. The van der Waals surface area contributed by atoms with Gasteiger partial charge in [-0.1, -0.05) is 26.2 Å². The van der Waals surface area contributed by atoms with Crippen molar-refractivity contribution in [2.24, 2.45) is 0 Å². The van der Waals surface area contributed by atoms with Crippen LogP contribution in [0.5, 0.6) is 17.2 Å². The summed E-state index contributed by atoms with van der Waals surface area (Å²) in [6.07, 6.45) is 5.27. The zero-order valence-electron chi connectivity index (χ0n) is 17.5. The van der Waals surface area contributed by atoms with Crippen LogP contribution in [0.2, 0.25) is 0 Å². The van der Waals surface area contributed by atoms with Gasteiger partial charge in [-0.15, -0.1) is 0 Å². The van der Waals surface area contributed by atoms with Crippen LogP contribution >= 0.6 is 0 Å². The summed E-state index contributed by atoms with van der Waals surface area (Å²) in [5.74, 6) is 1.56. The Morgan fingerprint density at radius 3 is 2.59 bits per heavy atom. The molecule has 156 valence electrons. The molecule has 2 aromatic rings. The zero-order valence-corrected chi connectivity index (χ0v) is 17.5. The first-order valence-corrected chi connectivity index (χ1v) is 10.3. The Hall–Kier alpha value is -2.47. The van der Waals surface area contributed by atoms with Crippen LogP contribution in [-0.4, -0.2) is 20.0 Å². The molecule has 0 N–H and O–H groups in total. The van der Waals surface area contributed by atoms with Gasteiger partial charge in [-0.05, 0) is 36.6 Å². The highest BCUT2D eigenvalue weighted by atomic mass is 16.7. The van der Waals surface area contributed by atoms with Crippen molar-refractivity contribution in [2.45, 2.75) is 64.3 Å². The van der Waals surface area contributed by atoms with Gasteiger partial charge in [-0.3, -0.25) is 0 Å². The van der Waals surface area contributed by atoms with E-state index < -0.39 is 17.5 Å². The fraction of sp³-hybridized carbons (Fsp3) is 0.522. The highest BCUT2D eigenvalue weighted by molar-refractivity contribution is 5.53. The average Bonchev–Trinajstić information content (AvgIpc) is 2.69. The molecule has 2 aliphatic heterocycles. The van der Waals surface area contributed by atoms with Gasteiger partial charge in [-0.2, -0.15) is 0 Å². The summed E-state index contributed by atoms with van der Waals surface area (Å²) >= 11 is 0. The van der Waals surface area contributed by atoms with Crippen LogP contribution in [0.4, 0.5) is 0 Å². The van der Waals surface area contributed by atoms with Crippen LogP contribution in [0.1, 0.15) is 67.6 Å². The van der Waals surface area contributed by atoms with Crippen LogP contribution in [-0.2, 0) is 11.2 Å². The van der Waals surface area contributed by atoms with Crippen molar-refractivity contribution in [2.75, 3.05) is 14.2 Å². The second-order valence-corrected chi connectivity index (χ2v) is 7.83. The Morgan fingerprint density at radius 2 is 1.86 bits per heavy atom. The Labute approximate surface area is 170 Å². The Morgan fingerprint density at radius 1 is 1.10 bits per heavy atom. The van der Waals surface area contributed by atoms with Gasteiger partial charge >= 0.3 is 5.63 Å². The van der Waals surface area contributed by atoms with Gasteiger partial charge in [0.1, 0.15) is 23.2 Å². The molecule has 3 heterocycles. The summed E-state index contributed by atoms with van der Waals surface area (Å²) in [7, 11) is 3.22. The second kappa shape index (κ2) is 7.75. The number of methoxy groups -OCH3 is 2. The minimum absolute atomic E-state index is 0.410. The lowest BCUT2D eigenvalue weighted by Gasteiger charge is -2.46. The molecule has 1 aromatic heterocycles. The summed E-state index contributed by atoms with van der Waals surface area (Å²) in [6, 6.07) is 5.65. The molecular formula is C23H28O6. The molecule has 0 aliphatic carbocycles. The first-order valence-electron chi connectivity index (χ1n) is 10.3. The van der Waals surface area contributed by atoms with E-state index in [0.29, 0.717) is 35.0 Å². The molecule has 2 bridgehead atoms. The van der Waals surface area contributed by atoms with E-state index in [9.17, 15) is 4.79 Å². The maximum Gasteiger partial charge on any atom is 0.345 e. The maximum atomic E-state index is 12.7. The lowest BCUT2D eigenvalue weighted by atomic mass is 9.85. The van der Waals surface area contributed by atoms with Crippen LogP contribution in [0.15, 0.2) is 27.4 Å². The topological polar surface area (TPSA) is 67.1 Å². The number of aryl methyl sites for hydroxylation is 1. The standard InChI is InChI=1S/C23H28O6/c1-5-6-7-8-9-23-13-15-11-17(25-3)18(26-4)12-16(15)21(29-23)20-19(28-23)10-14(2)27-22(20)24/h10-12,21H,5-9,13H2,1-4H3/t21-,23+/m0/s1. The molecule has 0 radical (unpaired) electrons. The van der Waals surface area contributed by atoms with Crippen molar-refractivity contribution in [3.05, 3.63) is 51.1 Å². The van der Waals surface area contributed by atoms with E-state index in [1.54, 1.807) is 27.2 Å². The average molecular weight is 400 g/mol. The SMILES string of the molecule is CCCCCC[C@]12Cc3cc(OC)c(OC)cc3[C@H](O1)c1c(cc(C)oc1=O)O2. The van der Waals surface area contributed by atoms with Gasteiger partial charge in [0.2, 0.25) is 5.79 Å². The Balaban J connectivity index is 1.83. The molecule has 0 fully saturated rings. The normalized spacial score (nSPS) is 21.7. The third kappa shape index (κ3) is 3.50. The summed E-state index contributed by atoms with van der Waals surface area (Å²) in [5, 5.41) is 0. The predicted molar refractivity (Wildman–Crippen MR) is 108 cm³/mol. The highest BCUT2D eigenvalue weighted by Crippen LogP contribution is 2.50. The molecule has 2 aliphatic rings. The van der Waals surface area contributed by atoms with Crippen LogP contribution < -0.4 is 19.8 Å². The Kier molecular flexibility index (Phi) is 5.30. The first-order chi connectivity index (χ1) is 14.0. The van der Waals surface area contributed by atoms with Crippen LogP contribution in [0.25, 0.3) is 0 Å². The number of rotatable bonds is 7. The van der Waals surface area contributed by atoms with Gasteiger partial charge in [0.15, 0.2) is 11.5 Å². The van der Waals surface area contributed by atoms with Crippen molar-refractivity contribution in [1.82, 2.24) is 0 Å². The third-order valence-corrected chi connectivity index (χ3v) is 5.76. The number of benzene rings is 1. The van der Waals surface area contributed by atoms with Gasteiger partial charge in [0.25, 0.3) is 0 Å². The molecule has 4 rings (SSSR count). The first kappa shape index (κ1) is 19.8. The highest BCUT2D eigenvalue weighted by Gasteiger charge is 2.49. The molecule has 0 saturated heterocycles. The summed E-state index contributed by atoms with van der Waals surface area (Å²) in [6.45, 7) is 3.95.